The van der Waals surface area contributed by atoms with E-state index in [1.54, 1.807) is 0 Å². The summed E-state index contributed by atoms with van der Waals surface area (Å²) < 4.78 is 92.9. The predicted octanol–water partition coefficient (Wildman–Crippen LogP) is 4.07. The van der Waals surface area contributed by atoms with Gasteiger partial charge in [0.05, 0.1) is 0 Å². The summed E-state index contributed by atoms with van der Waals surface area (Å²) in [6.07, 6.45) is 2.75. The van der Waals surface area contributed by atoms with E-state index in [-0.39, 0.29) is 0 Å². The van der Waals surface area contributed by atoms with Crippen LogP contribution in [0.3, 0.4) is 0 Å². The van der Waals surface area contributed by atoms with Crippen molar-refractivity contribution >= 4 is 21.0 Å². The molecule has 0 spiro atoms. The number of rotatable bonds is 2. The van der Waals surface area contributed by atoms with Crippen LogP contribution in [0.5, 0.6) is 5.75 Å². The molecule has 3 rings (SSSR count). The van der Waals surface area contributed by atoms with Gasteiger partial charge < -0.3 is 9.66 Å². The normalized spacial score (nSPS) is 14.6. The van der Waals surface area contributed by atoms with Gasteiger partial charge in [-0.1, -0.05) is 0 Å². The van der Waals surface area contributed by atoms with Crippen molar-refractivity contribution in [1.82, 2.24) is 0 Å². The molecule has 0 amide bonds. The van der Waals surface area contributed by atoms with Gasteiger partial charge >= 0.3 is 0 Å². The van der Waals surface area contributed by atoms with Crippen molar-refractivity contribution in [1.29, 1.82) is 0 Å². The second-order valence-electron chi connectivity index (χ2n) is 6.37. The molecule has 1 aliphatic rings. The zero-order chi connectivity index (χ0) is 22.1. The summed E-state index contributed by atoms with van der Waals surface area (Å²) in [5.74, 6) is -9.66. The van der Waals surface area contributed by atoms with E-state index < -0.39 is 44.1 Å². The van der Waals surface area contributed by atoms with Gasteiger partial charge in [0.25, 0.3) is 0 Å². The maximum Gasteiger partial charge on any atom is 0.200 e. The van der Waals surface area contributed by atoms with Crippen LogP contribution in [0.15, 0.2) is 21.9 Å². The molecule has 4 nitrogen and oxygen atoms in total. The molecule has 1 saturated heterocycles. The topological polar surface area (TPSA) is 77.4 Å². The molecule has 0 bridgehead atoms. The summed E-state index contributed by atoms with van der Waals surface area (Å²) in [6, 6.07) is 4.33. The Morgan fingerprint density at radius 2 is 1.24 bits per heavy atom. The second kappa shape index (κ2) is 8.88. The Bertz CT molecular complexity index is 983. The van der Waals surface area contributed by atoms with Crippen LogP contribution < -0.4 is 0 Å². The van der Waals surface area contributed by atoms with Crippen molar-refractivity contribution in [3.63, 3.8) is 0 Å². The van der Waals surface area contributed by atoms with E-state index in [1.807, 2.05) is 13.8 Å². The third-order valence-electron chi connectivity index (χ3n) is 4.25. The summed E-state index contributed by atoms with van der Waals surface area (Å²) in [4.78, 5) is -0.922. The quantitative estimate of drug-likeness (QED) is 0.243. The van der Waals surface area contributed by atoms with Gasteiger partial charge in [-0.2, -0.15) is 0 Å². The van der Waals surface area contributed by atoms with Gasteiger partial charge in [-0.05, 0) is 49.9 Å². The zero-order valence-electron chi connectivity index (χ0n) is 15.4. The van der Waals surface area contributed by atoms with Gasteiger partial charge in [0.15, 0.2) is 28.2 Å². The van der Waals surface area contributed by atoms with Crippen LogP contribution in [0.2, 0.25) is 0 Å². The standard InChI is InChI=1S/C12H16OS.C6HF5O3S/c1-9-7-11(8-10(2)12(9)13)14-5-3-4-6-14;7-1-2(8)4(10)6(15(12,13)14)5(11)3(1)9/h7-8H,3-6H2,1-2H3;(H,12,13,14). The summed E-state index contributed by atoms with van der Waals surface area (Å²) >= 11 is 0. The SMILES string of the molecule is Cc1cc([S+]2CCCC2)cc(C)c1O.O=S(=O)([O-])c1c(F)c(F)c(F)c(F)c1F. The highest BCUT2D eigenvalue weighted by Gasteiger charge is 2.29. The minimum atomic E-state index is -5.77. The smallest absolute Gasteiger partial charge is 0.200 e. The summed E-state index contributed by atoms with van der Waals surface area (Å²) in [5.41, 5.74) is 2.05. The third-order valence-corrected chi connectivity index (χ3v) is 7.57. The van der Waals surface area contributed by atoms with Gasteiger partial charge in [0, 0.05) is 10.9 Å². The first-order valence-corrected chi connectivity index (χ1v) is 11.3. The van der Waals surface area contributed by atoms with E-state index in [0.717, 1.165) is 11.1 Å². The van der Waals surface area contributed by atoms with Crippen molar-refractivity contribution < 1.29 is 40.0 Å². The minimum absolute atomic E-state index is 0.469. The molecule has 1 N–H and O–H groups in total. The second-order valence-corrected chi connectivity index (χ2v) is 9.96. The summed E-state index contributed by atoms with van der Waals surface area (Å²) in [6.45, 7) is 3.98. The van der Waals surface area contributed by atoms with E-state index in [2.05, 4.69) is 12.1 Å². The number of halogens is 5. The third kappa shape index (κ3) is 5.01. The first-order valence-electron chi connectivity index (χ1n) is 8.31. The molecule has 0 unspecified atom stereocenters. The fraction of sp³-hybridized carbons (Fsp3) is 0.333. The maximum atomic E-state index is 12.6. The van der Waals surface area contributed by atoms with E-state index >= 15 is 0 Å². The average molecular weight is 456 g/mol. The molecule has 0 radical (unpaired) electrons. The number of aromatic hydroxyl groups is 1. The lowest BCUT2D eigenvalue weighted by Crippen LogP contribution is -2.12. The Hall–Kier alpha value is -1.85. The van der Waals surface area contributed by atoms with Crippen LogP contribution in [0.4, 0.5) is 22.0 Å². The van der Waals surface area contributed by atoms with Crippen LogP contribution in [-0.4, -0.2) is 29.6 Å². The lowest BCUT2D eigenvalue weighted by Gasteiger charge is -2.10. The number of hydrogen-bond acceptors (Lipinski definition) is 4. The van der Waals surface area contributed by atoms with E-state index in [1.165, 1.54) is 29.2 Å². The zero-order valence-corrected chi connectivity index (χ0v) is 17.0. The molecule has 1 aliphatic heterocycles. The molecule has 160 valence electrons. The van der Waals surface area contributed by atoms with Crippen LogP contribution in [-0.2, 0) is 21.0 Å². The van der Waals surface area contributed by atoms with Crippen LogP contribution in [0.25, 0.3) is 0 Å². The molecule has 0 atom stereocenters. The molecule has 0 saturated carbocycles. The highest BCUT2D eigenvalue weighted by Crippen LogP contribution is 2.30. The van der Waals surface area contributed by atoms with Gasteiger partial charge in [0.2, 0.25) is 5.82 Å². The highest BCUT2D eigenvalue weighted by atomic mass is 32.2. The fourth-order valence-corrected chi connectivity index (χ4v) is 5.86. The monoisotopic (exact) mass is 456 g/mol. The molecule has 0 aromatic heterocycles. The van der Waals surface area contributed by atoms with Crippen LogP contribution >= 0.6 is 0 Å². The van der Waals surface area contributed by atoms with Crippen molar-refractivity contribution in [3.8, 4) is 5.75 Å². The Balaban J connectivity index is 0.000000207. The molecule has 1 heterocycles. The highest BCUT2D eigenvalue weighted by molar-refractivity contribution is 7.97. The number of aryl methyl sites for hydroxylation is 2. The molecule has 2 aromatic rings. The summed E-state index contributed by atoms with van der Waals surface area (Å²) in [7, 11) is -5.30. The lowest BCUT2D eigenvalue weighted by atomic mass is 10.1. The van der Waals surface area contributed by atoms with E-state index in [4.69, 9.17) is 0 Å². The van der Waals surface area contributed by atoms with E-state index in [9.17, 15) is 40.0 Å². The van der Waals surface area contributed by atoms with Crippen LogP contribution in [0, 0.1) is 42.9 Å². The molecular weight excluding hydrogens is 439 g/mol. The molecule has 29 heavy (non-hydrogen) atoms. The van der Waals surface area contributed by atoms with Crippen molar-refractivity contribution in [3.05, 3.63) is 52.3 Å². The molecule has 11 heteroatoms. The lowest BCUT2D eigenvalue weighted by molar-refractivity contribution is 0.350. The van der Waals surface area contributed by atoms with Crippen molar-refractivity contribution in [2.75, 3.05) is 11.5 Å². The first kappa shape index (κ1) is 23.4. The number of phenolic OH excluding ortho intramolecular Hbond substituents is 1. The van der Waals surface area contributed by atoms with Gasteiger partial charge in [-0.3, -0.25) is 0 Å². The Labute approximate surface area is 167 Å². The molecule has 0 aliphatic carbocycles. The average Bonchev–Trinajstić information content (AvgIpc) is 3.17. The van der Waals surface area contributed by atoms with E-state index in [0.29, 0.717) is 16.6 Å². The Morgan fingerprint density at radius 3 is 1.62 bits per heavy atom. The first-order chi connectivity index (χ1) is 13.4. The number of hydrogen-bond donors (Lipinski definition) is 1. The Kier molecular flexibility index (Phi) is 7.18. The number of phenols is 1. The van der Waals surface area contributed by atoms with Gasteiger partial charge in [-0.25, -0.2) is 30.4 Å². The molecular formula is C18H17F5O4S2. The predicted molar refractivity (Wildman–Crippen MR) is 96.4 cm³/mol. The van der Waals surface area contributed by atoms with Gasteiger partial charge in [-0.15, -0.1) is 0 Å². The number of benzene rings is 2. The largest absolute Gasteiger partial charge is 0.744 e. The Morgan fingerprint density at radius 1 is 0.862 bits per heavy atom. The van der Waals surface area contributed by atoms with Crippen molar-refractivity contribution in [2.45, 2.75) is 36.5 Å². The van der Waals surface area contributed by atoms with Gasteiger partial charge in [0.1, 0.15) is 32.3 Å². The maximum absolute atomic E-state index is 12.6. The molecule has 2 aromatic carbocycles. The van der Waals surface area contributed by atoms with Crippen LogP contribution in [0.1, 0.15) is 24.0 Å². The van der Waals surface area contributed by atoms with Crippen molar-refractivity contribution in [2.24, 2.45) is 0 Å². The fourth-order valence-electron chi connectivity index (χ4n) is 2.78. The molecule has 1 fully saturated rings. The minimum Gasteiger partial charge on any atom is -0.744 e. The summed E-state index contributed by atoms with van der Waals surface area (Å²) in [5, 5.41) is 9.68.